The lowest BCUT2D eigenvalue weighted by molar-refractivity contribution is -0.127. The molecule has 0 unspecified atom stereocenters. The van der Waals surface area contributed by atoms with Gasteiger partial charge in [0, 0.05) is 31.8 Å². The van der Waals surface area contributed by atoms with Gasteiger partial charge in [0.25, 0.3) is 0 Å². The van der Waals surface area contributed by atoms with E-state index in [0.29, 0.717) is 18.8 Å². The van der Waals surface area contributed by atoms with Crippen molar-refractivity contribution in [3.8, 4) is 0 Å². The normalized spacial score (nSPS) is 19.7. The van der Waals surface area contributed by atoms with Crippen LogP contribution in [-0.4, -0.2) is 38.1 Å². The predicted octanol–water partition coefficient (Wildman–Crippen LogP) is 1.33. The summed E-state index contributed by atoms with van der Waals surface area (Å²) in [5.41, 5.74) is 0.613. The van der Waals surface area contributed by atoms with Crippen molar-refractivity contribution in [1.29, 1.82) is 0 Å². The maximum Gasteiger partial charge on any atom is 0.227 e. The molecule has 0 spiro atoms. The highest BCUT2D eigenvalue weighted by atomic mass is 19.1. The van der Waals surface area contributed by atoms with Crippen molar-refractivity contribution in [1.82, 2.24) is 5.32 Å². The molecule has 2 atom stereocenters. The average molecular weight is 294 g/mol. The smallest absolute Gasteiger partial charge is 0.227 e. The molecule has 2 amide bonds. The molecule has 2 rings (SSSR count). The van der Waals surface area contributed by atoms with E-state index in [0.717, 1.165) is 0 Å². The van der Waals surface area contributed by atoms with E-state index in [1.54, 1.807) is 19.2 Å². The molecule has 6 heteroatoms. The molecule has 0 aliphatic carbocycles. The van der Waals surface area contributed by atoms with Crippen LogP contribution < -0.4 is 10.2 Å². The standard InChI is InChI=1S/C15H19FN2O3/c1-10(9-21-2)17-15(20)11-7-14(19)18(8-11)13-5-3-12(16)4-6-13/h3-6,10-11H,7-9H2,1-2H3,(H,17,20)/t10-,11+/m1/s1. The van der Waals surface area contributed by atoms with Gasteiger partial charge in [0.2, 0.25) is 11.8 Å². The topological polar surface area (TPSA) is 58.6 Å². The maximum atomic E-state index is 12.9. The van der Waals surface area contributed by atoms with Gasteiger partial charge < -0.3 is 15.0 Å². The number of carbonyl (C=O) groups is 2. The molecule has 21 heavy (non-hydrogen) atoms. The minimum absolute atomic E-state index is 0.0996. The molecule has 5 nitrogen and oxygen atoms in total. The molecule has 0 saturated carbocycles. The minimum atomic E-state index is -0.387. The number of hydrogen-bond donors (Lipinski definition) is 1. The summed E-state index contributed by atoms with van der Waals surface area (Å²) in [5, 5.41) is 2.82. The highest BCUT2D eigenvalue weighted by Crippen LogP contribution is 2.25. The third kappa shape index (κ3) is 3.78. The van der Waals surface area contributed by atoms with Gasteiger partial charge in [-0.1, -0.05) is 0 Å². The molecular weight excluding hydrogens is 275 g/mol. The number of methoxy groups -OCH3 is 1. The molecule has 1 heterocycles. The van der Waals surface area contributed by atoms with Crippen LogP contribution >= 0.6 is 0 Å². The van der Waals surface area contributed by atoms with E-state index in [4.69, 9.17) is 4.74 Å². The monoisotopic (exact) mass is 294 g/mol. The van der Waals surface area contributed by atoms with Crippen molar-refractivity contribution in [3.05, 3.63) is 30.1 Å². The van der Waals surface area contributed by atoms with Gasteiger partial charge in [0.1, 0.15) is 5.82 Å². The number of anilines is 1. The fraction of sp³-hybridized carbons (Fsp3) is 0.467. The van der Waals surface area contributed by atoms with Gasteiger partial charge in [-0.3, -0.25) is 9.59 Å². The summed E-state index contributed by atoms with van der Waals surface area (Å²) in [6.45, 7) is 2.58. The lowest BCUT2D eigenvalue weighted by Gasteiger charge is -2.18. The first kappa shape index (κ1) is 15.4. The second kappa shape index (κ2) is 6.67. The predicted molar refractivity (Wildman–Crippen MR) is 76.3 cm³/mol. The Morgan fingerprint density at radius 2 is 2.14 bits per heavy atom. The van der Waals surface area contributed by atoms with Gasteiger partial charge in [-0.25, -0.2) is 4.39 Å². The van der Waals surface area contributed by atoms with Gasteiger partial charge in [0.05, 0.1) is 12.5 Å². The van der Waals surface area contributed by atoms with E-state index in [-0.39, 0.29) is 36.0 Å². The van der Waals surface area contributed by atoms with Gasteiger partial charge in [-0.05, 0) is 31.2 Å². The SMILES string of the molecule is COC[C@@H](C)NC(=O)[C@H]1CC(=O)N(c2ccc(F)cc2)C1. The Morgan fingerprint density at radius 3 is 2.76 bits per heavy atom. The number of halogens is 1. The molecule has 1 fully saturated rings. The fourth-order valence-corrected chi connectivity index (χ4v) is 2.41. The number of ether oxygens (including phenoxy) is 1. The largest absolute Gasteiger partial charge is 0.383 e. The molecule has 1 aromatic carbocycles. The Morgan fingerprint density at radius 1 is 1.48 bits per heavy atom. The minimum Gasteiger partial charge on any atom is -0.383 e. The quantitative estimate of drug-likeness (QED) is 0.891. The van der Waals surface area contributed by atoms with E-state index in [1.165, 1.54) is 17.0 Å². The van der Waals surface area contributed by atoms with Crippen LogP contribution in [0.2, 0.25) is 0 Å². The molecule has 114 valence electrons. The summed E-state index contributed by atoms with van der Waals surface area (Å²) in [4.78, 5) is 25.6. The molecule has 1 aliphatic rings. The lowest BCUT2D eigenvalue weighted by atomic mass is 10.1. The van der Waals surface area contributed by atoms with Crippen LogP contribution in [0.4, 0.5) is 10.1 Å². The van der Waals surface area contributed by atoms with Gasteiger partial charge in [-0.15, -0.1) is 0 Å². The van der Waals surface area contributed by atoms with Crippen molar-refractivity contribution in [3.63, 3.8) is 0 Å². The first-order valence-corrected chi connectivity index (χ1v) is 6.86. The third-order valence-electron chi connectivity index (χ3n) is 3.44. The van der Waals surface area contributed by atoms with E-state index in [1.807, 2.05) is 6.92 Å². The summed E-state index contributed by atoms with van der Waals surface area (Å²) >= 11 is 0. The van der Waals surface area contributed by atoms with E-state index in [9.17, 15) is 14.0 Å². The molecule has 1 aliphatic heterocycles. The Balaban J connectivity index is 1.99. The zero-order valence-electron chi connectivity index (χ0n) is 12.1. The number of hydrogen-bond acceptors (Lipinski definition) is 3. The van der Waals surface area contributed by atoms with Crippen molar-refractivity contribution in [2.24, 2.45) is 5.92 Å². The van der Waals surface area contributed by atoms with Crippen LogP contribution in [0.3, 0.4) is 0 Å². The zero-order chi connectivity index (χ0) is 15.4. The zero-order valence-corrected chi connectivity index (χ0v) is 12.1. The second-order valence-corrected chi connectivity index (χ2v) is 5.25. The Kier molecular flexibility index (Phi) is 4.90. The van der Waals surface area contributed by atoms with Crippen LogP contribution in [-0.2, 0) is 14.3 Å². The number of amides is 2. The number of benzene rings is 1. The van der Waals surface area contributed by atoms with E-state index in [2.05, 4.69) is 5.32 Å². The summed E-state index contributed by atoms with van der Waals surface area (Å²) in [5.74, 6) is -1.02. The van der Waals surface area contributed by atoms with Crippen LogP contribution in [0.25, 0.3) is 0 Å². The maximum absolute atomic E-state index is 12.9. The molecule has 0 bridgehead atoms. The van der Waals surface area contributed by atoms with E-state index >= 15 is 0 Å². The summed E-state index contributed by atoms with van der Waals surface area (Å²) < 4.78 is 17.9. The van der Waals surface area contributed by atoms with Crippen LogP contribution in [0.15, 0.2) is 24.3 Å². The number of nitrogens with one attached hydrogen (secondary N) is 1. The number of rotatable bonds is 5. The first-order chi connectivity index (χ1) is 10.0. The van der Waals surface area contributed by atoms with Crippen LogP contribution in [0.5, 0.6) is 0 Å². The Bertz CT molecular complexity index is 518. The Hall–Kier alpha value is -1.95. The molecule has 1 N–H and O–H groups in total. The summed E-state index contributed by atoms with van der Waals surface area (Å²) in [6, 6.07) is 5.59. The van der Waals surface area contributed by atoms with Crippen molar-refractivity contribution >= 4 is 17.5 Å². The third-order valence-corrected chi connectivity index (χ3v) is 3.44. The highest BCUT2D eigenvalue weighted by Gasteiger charge is 2.35. The van der Waals surface area contributed by atoms with Gasteiger partial charge in [0.15, 0.2) is 0 Å². The number of carbonyl (C=O) groups excluding carboxylic acids is 2. The molecular formula is C15H19FN2O3. The molecule has 1 saturated heterocycles. The van der Waals surface area contributed by atoms with Gasteiger partial charge in [-0.2, -0.15) is 0 Å². The molecule has 0 radical (unpaired) electrons. The van der Waals surface area contributed by atoms with Crippen LogP contribution in [0.1, 0.15) is 13.3 Å². The Labute approximate surface area is 123 Å². The lowest BCUT2D eigenvalue weighted by Crippen LogP contribution is -2.40. The van der Waals surface area contributed by atoms with Crippen molar-refractivity contribution < 1.29 is 18.7 Å². The fourth-order valence-electron chi connectivity index (χ4n) is 2.41. The van der Waals surface area contributed by atoms with E-state index < -0.39 is 0 Å². The average Bonchev–Trinajstić information content (AvgIpc) is 2.82. The first-order valence-electron chi connectivity index (χ1n) is 6.86. The second-order valence-electron chi connectivity index (χ2n) is 5.25. The van der Waals surface area contributed by atoms with Crippen molar-refractivity contribution in [2.45, 2.75) is 19.4 Å². The molecule has 1 aromatic rings. The summed E-state index contributed by atoms with van der Waals surface area (Å²) in [7, 11) is 1.57. The highest BCUT2D eigenvalue weighted by molar-refractivity contribution is 6.00. The molecule has 0 aromatic heterocycles. The van der Waals surface area contributed by atoms with Gasteiger partial charge >= 0.3 is 0 Å². The summed E-state index contributed by atoms with van der Waals surface area (Å²) in [6.07, 6.45) is 0.170. The number of nitrogens with zero attached hydrogens (tertiary/aromatic N) is 1. The van der Waals surface area contributed by atoms with Crippen molar-refractivity contribution in [2.75, 3.05) is 25.2 Å². The van der Waals surface area contributed by atoms with Crippen LogP contribution in [0, 0.1) is 11.7 Å².